The van der Waals surface area contributed by atoms with Crippen molar-refractivity contribution in [2.75, 3.05) is 34.1 Å². The number of urea groups is 1. The summed E-state index contributed by atoms with van der Waals surface area (Å²) in [5.74, 6) is -0.385. The molecule has 0 unspecified atom stereocenters. The van der Waals surface area contributed by atoms with Gasteiger partial charge in [0.05, 0.1) is 29.5 Å². The van der Waals surface area contributed by atoms with E-state index in [-0.39, 0.29) is 50.9 Å². The normalized spacial score (nSPS) is 13.8. The van der Waals surface area contributed by atoms with Crippen molar-refractivity contribution in [3.8, 4) is 0 Å². The largest absolute Gasteiger partial charge is 0.417 e. The van der Waals surface area contributed by atoms with Crippen LogP contribution in [0.5, 0.6) is 0 Å². The van der Waals surface area contributed by atoms with E-state index in [1.54, 1.807) is 0 Å². The highest BCUT2D eigenvalue weighted by atomic mass is 35.5. The molecule has 1 aliphatic rings. The zero-order valence-corrected chi connectivity index (χ0v) is 18.3. The van der Waals surface area contributed by atoms with Gasteiger partial charge in [0.1, 0.15) is 6.73 Å². The van der Waals surface area contributed by atoms with Crippen molar-refractivity contribution in [3.63, 3.8) is 0 Å². The van der Waals surface area contributed by atoms with E-state index in [2.05, 4.69) is 4.99 Å². The number of hydrogen-bond donors (Lipinski definition) is 0. The van der Waals surface area contributed by atoms with Crippen molar-refractivity contribution < 1.29 is 37.0 Å². The van der Waals surface area contributed by atoms with Gasteiger partial charge in [0.2, 0.25) is 5.91 Å². The summed E-state index contributed by atoms with van der Waals surface area (Å²) < 4.78 is 49.1. The molecule has 12 heteroatoms. The van der Waals surface area contributed by atoms with Crippen LogP contribution in [-0.2, 0) is 38.3 Å². The van der Waals surface area contributed by atoms with Crippen molar-refractivity contribution in [2.24, 2.45) is 4.99 Å². The molecule has 1 aliphatic heterocycles. The first-order valence-electron chi connectivity index (χ1n) is 9.57. The number of ether oxygens (including phenoxy) is 2. The number of aldehydes is 1. The maximum Gasteiger partial charge on any atom is 0.417 e. The highest BCUT2D eigenvalue weighted by Gasteiger charge is 2.35. The lowest BCUT2D eigenvalue weighted by Crippen LogP contribution is -2.29. The van der Waals surface area contributed by atoms with Crippen molar-refractivity contribution in [3.05, 3.63) is 33.8 Å². The summed E-state index contributed by atoms with van der Waals surface area (Å²) in [5.41, 5.74) is -0.168. The minimum atomic E-state index is -4.59. The van der Waals surface area contributed by atoms with Crippen LogP contribution in [0.15, 0.2) is 17.1 Å². The smallest absolute Gasteiger partial charge is 0.382 e. The molecular formula is C20H23ClF3N3O5. The van der Waals surface area contributed by atoms with Crippen molar-refractivity contribution in [1.29, 1.82) is 0 Å². The molecule has 1 heterocycles. The monoisotopic (exact) mass is 477 g/mol. The first kappa shape index (κ1) is 25.8. The van der Waals surface area contributed by atoms with Gasteiger partial charge in [0.15, 0.2) is 6.29 Å². The Kier molecular flexibility index (Phi) is 9.17. The van der Waals surface area contributed by atoms with E-state index < -0.39 is 22.8 Å². The van der Waals surface area contributed by atoms with E-state index in [1.807, 2.05) is 0 Å². The number of rotatable bonds is 9. The summed E-state index contributed by atoms with van der Waals surface area (Å²) >= 11 is 5.73. The number of hydrogen-bond acceptors (Lipinski definition) is 5. The Morgan fingerprint density at radius 3 is 2.47 bits per heavy atom. The van der Waals surface area contributed by atoms with E-state index in [0.717, 1.165) is 11.0 Å². The molecule has 176 valence electrons. The Hall–Kier alpha value is -2.50. The first-order valence-corrected chi connectivity index (χ1v) is 9.95. The SMILES string of the molecule is COCCOCN(C)C(=O)/N=C(\C=O)CCC(=O)N1Cc2cc(Cl)c(C(F)(F)F)cc2C1. The fourth-order valence-corrected chi connectivity index (χ4v) is 3.25. The first-order chi connectivity index (χ1) is 15.1. The van der Waals surface area contributed by atoms with E-state index in [0.29, 0.717) is 24.0 Å². The summed E-state index contributed by atoms with van der Waals surface area (Å²) in [4.78, 5) is 42.0. The van der Waals surface area contributed by atoms with Crippen LogP contribution in [0, 0.1) is 0 Å². The molecule has 0 radical (unpaired) electrons. The molecule has 2 rings (SSSR count). The minimum absolute atomic E-state index is 0.00244. The van der Waals surface area contributed by atoms with Crippen molar-refractivity contribution >= 4 is 35.5 Å². The Morgan fingerprint density at radius 2 is 1.88 bits per heavy atom. The minimum Gasteiger partial charge on any atom is -0.382 e. The van der Waals surface area contributed by atoms with Gasteiger partial charge >= 0.3 is 12.2 Å². The van der Waals surface area contributed by atoms with Crippen LogP contribution in [0.25, 0.3) is 0 Å². The van der Waals surface area contributed by atoms with Crippen LogP contribution in [0.4, 0.5) is 18.0 Å². The Labute approximate surface area is 187 Å². The van der Waals surface area contributed by atoms with Gasteiger partial charge in [-0.2, -0.15) is 18.2 Å². The molecule has 3 amide bonds. The van der Waals surface area contributed by atoms with Crippen LogP contribution in [0.1, 0.15) is 29.5 Å². The molecule has 32 heavy (non-hydrogen) atoms. The molecule has 0 saturated heterocycles. The third-order valence-corrected chi connectivity index (χ3v) is 5.00. The van der Waals surface area contributed by atoms with Gasteiger partial charge in [-0.25, -0.2) is 4.79 Å². The molecule has 0 fully saturated rings. The second-order valence-electron chi connectivity index (χ2n) is 7.08. The average molecular weight is 478 g/mol. The van der Waals surface area contributed by atoms with Gasteiger partial charge in [-0.05, 0) is 23.3 Å². The predicted octanol–water partition coefficient (Wildman–Crippen LogP) is 3.29. The fourth-order valence-electron chi connectivity index (χ4n) is 2.96. The molecular weight excluding hydrogens is 455 g/mol. The number of fused-ring (bicyclic) bond motifs is 1. The zero-order chi connectivity index (χ0) is 23.9. The molecule has 1 aromatic rings. The number of benzene rings is 1. The summed E-state index contributed by atoms with van der Waals surface area (Å²) in [6, 6.07) is 1.46. The van der Waals surface area contributed by atoms with Gasteiger partial charge in [-0.3, -0.25) is 9.59 Å². The Balaban J connectivity index is 1.92. The topological polar surface area (TPSA) is 88.5 Å². The molecule has 0 N–H and O–H groups in total. The number of aliphatic imine (C=N–C) groups is 1. The van der Waals surface area contributed by atoms with Crippen LogP contribution < -0.4 is 0 Å². The summed E-state index contributed by atoms with van der Waals surface area (Å²) in [6.45, 7) is 0.700. The number of halogens is 4. The van der Waals surface area contributed by atoms with E-state index >= 15 is 0 Å². The lowest BCUT2D eigenvalue weighted by Gasteiger charge is -2.16. The molecule has 0 saturated carbocycles. The molecule has 0 spiro atoms. The number of alkyl halides is 3. The highest BCUT2D eigenvalue weighted by Crippen LogP contribution is 2.38. The van der Waals surface area contributed by atoms with Crippen molar-refractivity contribution in [1.82, 2.24) is 9.80 Å². The second-order valence-corrected chi connectivity index (χ2v) is 7.49. The number of carbonyl (C=O) groups excluding carboxylic acids is 3. The average Bonchev–Trinajstić information content (AvgIpc) is 3.15. The number of nitrogens with zero attached hydrogens (tertiary/aromatic N) is 3. The number of methoxy groups -OCH3 is 1. The molecule has 1 aromatic carbocycles. The Morgan fingerprint density at radius 1 is 1.22 bits per heavy atom. The van der Waals surface area contributed by atoms with Gasteiger partial charge in [0.25, 0.3) is 0 Å². The second kappa shape index (κ2) is 11.4. The zero-order valence-electron chi connectivity index (χ0n) is 17.6. The molecule has 0 aliphatic carbocycles. The Bertz CT molecular complexity index is 892. The maximum atomic E-state index is 13.0. The van der Waals surface area contributed by atoms with Gasteiger partial charge < -0.3 is 19.3 Å². The fraction of sp³-hybridized carbons (Fsp3) is 0.500. The van der Waals surface area contributed by atoms with E-state index in [4.69, 9.17) is 21.1 Å². The van der Waals surface area contributed by atoms with Gasteiger partial charge in [-0.1, -0.05) is 11.6 Å². The molecule has 8 nitrogen and oxygen atoms in total. The quantitative estimate of drug-likeness (QED) is 0.236. The lowest BCUT2D eigenvalue weighted by molar-refractivity contribution is -0.137. The highest BCUT2D eigenvalue weighted by molar-refractivity contribution is 6.31. The summed E-state index contributed by atoms with van der Waals surface area (Å²) in [5, 5.41) is -0.422. The number of carbonyl (C=O) groups is 3. The third kappa shape index (κ3) is 7.01. The van der Waals surface area contributed by atoms with Crippen LogP contribution in [0.2, 0.25) is 5.02 Å². The standard InChI is InChI=1S/C20H23ClF3N3O5/c1-26(12-32-6-5-31-2)19(30)25-15(11-28)3-4-18(29)27-9-13-7-16(20(22,23)24)17(21)8-14(13)10-27/h7-8,11H,3-6,9-10,12H2,1-2H3/b25-15-. The molecule has 0 bridgehead atoms. The van der Waals surface area contributed by atoms with Crippen LogP contribution in [-0.4, -0.2) is 67.8 Å². The molecule has 0 atom stereocenters. The third-order valence-electron chi connectivity index (χ3n) is 4.68. The van der Waals surface area contributed by atoms with E-state index in [9.17, 15) is 27.6 Å². The number of amides is 3. The molecule has 0 aromatic heterocycles. The lowest BCUT2D eigenvalue weighted by atomic mass is 10.1. The maximum absolute atomic E-state index is 13.0. The van der Waals surface area contributed by atoms with Gasteiger partial charge in [0, 0.05) is 40.1 Å². The van der Waals surface area contributed by atoms with Gasteiger partial charge in [-0.15, -0.1) is 0 Å². The van der Waals surface area contributed by atoms with E-state index in [1.165, 1.54) is 25.1 Å². The predicted molar refractivity (Wildman–Crippen MR) is 109 cm³/mol. The van der Waals surface area contributed by atoms with Crippen LogP contribution >= 0.6 is 11.6 Å². The van der Waals surface area contributed by atoms with Crippen LogP contribution in [0.3, 0.4) is 0 Å². The summed E-state index contributed by atoms with van der Waals surface area (Å²) in [6.07, 6.45) is -4.42. The summed E-state index contributed by atoms with van der Waals surface area (Å²) in [7, 11) is 2.95. The van der Waals surface area contributed by atoms with Crippen molar-refractivity contribution in [2.45, 2.75) is 32.1 Å².